The van der Waals surface area contributed by atoms with Gasteiger partial charge in [-0.1, -0.05) is 50.1 Å². The van der Waals surface area contributed by atoms with E-state index < -0.39 is 0 Å². The molecule has 3 unspecified atom stereocenters. The third-order valence-corrected chi connectivity index (χ3v) is 6.42. The normalized spacial score (nSPS) is 26.8. The minimum absolute atomic E-state index is 0.695. The van der Waals surface area contributed by atoms with Crippen LogP contribution in [0.3, 0.4) is 0 Å². The molecule has 1 aliphatic carbocycles. The molecule has 1 heterocycles. The lowest BCUT2D eigenvalue weighted by molar-refractivity contribution is 0.117. The third kappa shape index (κ3) is 5.54. The highest BCUT2D eigenvalue weighted by Crippen LogP contribution is 2.36. The van der Waals surface area contributed by atoms with Crippen LogP contribution in [0.4, 0.5) is 0 Å². The van der Waals surface area contributed by atoms with Gasteiger partial charge in [0.25, 0.3) is 0 Å². The van der Waals surface area contributed by atoms with Crippen molar-refractivity contribution in [2.24, 2.45) is 11.8 Å². The molecule has 1 aromatic rings. The van der Waals surface area contributed by atoms with Gasteiger partial charge in [0, 0.05) is 38.8 Å². The first kappa shape index (κ1) is 18.9. The van der Waals surface area contributed by atoms with Crippen LogP contribution in [0.15, 0.2) is 30.3 Å². The number of hydrogen-bond acceptors (Lipinski definition) is 3. The number of piperazine rings is 1. The molecule has 140 valence electrons. The fourth-order valence-electron chi connectivity index (χ4n) is 4.92. The fraction of sp³-hybridized carbons (Fsp3) is 0.727. The van der Waals surface area contributed by atoms with Crippen molar-refractivity contribution >= 4 is 0 Å². The topological polar surface area (TPSA) is 18.5 Å². The second kappa shape index (κ2) is 9.70. The molecular formula is C22H37N3. The lowest BCUT2D eigenvalue weighted by Gasteiger charge is -2.36. The van der Waals surface area contributed by atoms with E-state index in [-0.39, 0.29) is 0 Å². The van der Waals surface area contributed by atoms with Crippen molar-refractivity contribution in [3.05, 3.63) is 35.9 Å². The van der Waals surface area contributed by atoms with E-state index in [1.54, 1.807) is 0 Å². The minimum Gasteiger partial charge on any atom is -0.314 e. The van der Waals surface area contributed by atoms with Crippen molar-refractivity contribution in [1.29, 1.82) is 0 Å². The third-order valence-electron chi connectivity index (χ3n) is 6.42. The molecule has 1 saturated heterocycles. The van der Waals surface area contributed by atoms with Gasteiger partial charge in [-0.2, -0.15) is 0 Å². The molecule has 0 amide bonds. The SMILES string of the molecule is CCNC(C)C1CCCC1CCN1CCN(Cc2ccccc2)CC1. The van der Waals surface area contributed by atoms with Crippen molar-refractivity contribution < 1.29 is 0 Å². The predicted molar refractivity (Wildman–Crippen MR) is 107 cm³/mol. The lowest BCUT2D eigenvalue weighted by atomic mass is 9.87. The van der Waals surface area contributed by atoms with Crippen LogP contribution < -0.4 is 5.32 Å². The second-order valence-corrected chi connectivity index (χ2v) is 8.09. The molecule has 0 spiro atoms. The zero-order valence-electron chi connectivity index (χ0n) is 16.3. The van der Waals surface area contributed by atoms with Crippen LogP contribution in [0, 0.1) is 11.8 Å². The van der Waals surface area contributed by atoms with Crippen LogP contribution in [0.1, 0.15) is 45.1 Å². The molecule has 3 nitrogen and oxygen atoms in total. The molecule has 0 aromatic heterocycles. The molecule has 1 aromatic carbocycles. The van der Waals surface area contributed by atoms with Crippen molar-refractivity contribution in [3.63, 3.8) is 0 Å². The molecule has 25 heavy (non-hydrogen) atoms. The molecule has 2 fully saturated rings. The standard InChI is InChI=1S/C22H37N3/c1-3-23-19(2)22-11-7-10-21(22)12-13-24-14-16-25(17-15-24)18-20-8-5-4-6-9-20/h4-6,8-9,19,21-23H,3,7,10-18H2,1-2H3. The molecule has 1 N–H and O–H groups in total. The van der Waals surface area contributed by atoms with Crippen LogP contribution in [0.25, 0.3) is 0 Å². The average Bonchev–Trinajstić information content (AvgIpc) is 3.11. The second-order valence-electron chi connectivity index (χ2n) is 8.09. The number of nitrogens with one attached hydrogen (secondary N) is 1. The van der Waals surface area contributed by atoms with Gasteiger partial charge in [-0.15, -0.1) is 0 Å². The summed E-state index contributed by atoms with van der Waals surface area (Å²) in [4.78, 5) is 5.31. The van der Waals surface area contributed by atoms with Crippen molar-refractivity contribution in [2.45, 2.75) is 52.1 Å². The number of hydrogen-bond donors (Lipinski definition) is 1. The van der Waals surface area contributed by atoms with E-state index in [0.717, 1.165) is 24.9 Å². The maximum Gasteiger partial charge on any atom is 0.0234 e. The summed E-state index contributed by atoms with van der Waals surface area (Å²) in [6.45, 7) is 13.1. The van der Waals surface area contributed by atoms with E-state index in [1.807, 2.05) is 0 Å². The fourth-order valence-corrected chi connectivity index (χ4v) is 4.92. The van der Waals surface area contributed by atoms with Crippen LogP contribution in [-0.4, -0.2) is 55.1 Å². The first-order valence-corrected chi connectivity index (χ1v) is 10.5. The molecule has 0 radical (unpaired) electrons. The van der Waals surface area contributed by atoms with E-state index in [0.29, 0.717) is 6.04 Å². The summed E-state index contributed by atoms with van der Waals surface area (Å²) in [5, 5.41) is 3.66. The van der Waals surface area contributed by atoms with Gasteiger partial charge in [0.05, 0.1) is 0 Å². The van der Waals surface area contributed by atoms with E-state index >= 15 is 0 Å². The number of benzene rings is 1. The van der Waals surface area contributed by atoms with Crippen LogP contribution in [0.2, 0.25) is 0 Å². The summed E-state index contributed by atoms with van der Waals surface area (Å²) < 4.78 is 0. The van der Waals surface area contributed by atoms with Gasteiger partial charge in [0.15, 0.2) is 0 Å². The Morgan fingerprint density at radius 3 is 2.48 bits per heavy atom. The highest BCUT2D eigenvalue weighted by Gasteiger charge is 2.31. The summed E-state index contributed by atoms with van der Waals surface area (Å²) in [6.07, 6.45) is 5.73. The van der Waals surface area contributed by atoms with E-state index in [2.05, 4.69) is 59.3 Å². The molecule has 3 rings (SSSR count). The average molecular weight is 344 g/mol. The largest absolute Gasteiger partial charge is 0.314 e. The minimum atomic E-state index is 0.695. The molecule has 0 bridgehead atoms. The monoisotopic (exact) mass is 343 g/mol. The van der Waals surface area contributed by atoms with Gasteiger partial charge < -0.3 is 10.2 Å². The molecule has 3 atom stereocenters. The zero-order valence-corrected chi connectivity index (χ0v) is 16.3. The van der Waals surface area contributed by atoms with Gasteiger partial charge in [-0.25, -0.2) is 0 Å². The molecule has 2 aliphatic rings. The van der Waals surface area contributed by atoms with E-state index in [1.165, 1.54) is 64.0 Å². The van der Waals surface area contributed by atoms with Crippen molar-refractivity contribution in [3.8, 4) is 0 Å². The number of nitrogens with zero attached hydrogens (tertiary/aromatic N) is 2. The molecular weight excluding hydrogens is 306 g/mol. The van der Waals surface area contributed by atoms with E-state index in [4.69, 9.17) is 0 Å². The van der Waals surface area contributed by atoms with Crippen molar-refractivity contribution in [2.75, 3.05) is 39.3 Å². The van der Waals surface area contributed by atoms with Crippen LogP contribution >= 0.6 is 0 Å². The van der Waals surface area contributed by atoms with Gasteiger partial charge in [0.1, 0.15) is 0 Å². The maximum absolute atomic E-state index is 3.66. The Balaban J connectivity index is 1.37. The van der Waals surface area contributed by atoms with E-state index in [9.17, 15) is 0 Å². The quantitative estimate of drug-likeness (QED) is 0.778. The summed E-state index contributed by atoms with van der Waals surface area (Å²) in [7, 11) is 0. The van der Waals surface area contributed by atoms with Gasteiger partial charge in [-0.05, 0) is 50.3 Å². The Bertz CT molecular complexity index is 481. The van der Waals surface area contributed by atoms with Gasteiger partial charge in [-0.3, -0.25) is 4.90 Å². The highest BCUT2D eigenvalue weighted by atomic mass is 15.3. The smallest absolute Gasteiger partial charge is 0.0234 e. The van der Waals surface area contributed by atoms with Crippen molar-refractivity contribution in [1.82, 2.24) is 15.1 Å². The first-order valence-electron chi connectivity index (χ1n) is 10.5. The highest BCUT2D eigenvalue weighted by molar-refractivity contribution is 5.14. The Morgan fingerprint density at radius 1 is 1.04 bits per heavy atom. The zero-order chi connectivity index (χ0) is 17.5. The maximum atomic E-state index is 3.66. The Hall–Kier alpha value is -0.900. The predicted octanol–water partition coefficient (Wildman–Crippen LogP) is 3.61. The first-order chi connectivity index (χ1) is 12.3. The Kier molecular flexibility index (Phi) is 7.33. The van der Waals surface area contributed by atoms with Crippen LogP contribution in [0.5, 0.6) is 0 Å². The summed E-state index contributed by atoms with van der Waals surface area (Å²) in [6, 6.07) is 11.6. The Morgan fingerprint density at radius 2 is 1.76 bits per heavy atom. The lowest BCUT2D eigenvalue weighted by Crippen LogP contribution is -2.46. The molecule has 1 aliphatic heterocycles. The van der Waals surface area contributed by atoms with Crippen LogP contribution in [-0.2, 0) is 6.54 Å². The molecule has 3 heteroatoms. The summed E-state index contributed by atoms with van der Waals surface area (Å²) in [5.74, 6) is 1.84. The summed E-state index contributed by atoms with van der Waals surface area (Å²) >= 11 is 0. The summed E-state index contributed by atoms with van der Waals surface area (Å²) in [5.41, 5.74) is 1.45. The number of rotatable bonds is 8. The Labute approximate surface area is 154 Å². The van der Waals surface area contributed by atoms with Gasteiger partial charge >= 0.3 is 0 Å². The van der Waals surface area contributed by atoms with Gasteiger partial charge in [0.2, 0.25) is 0 Å². The molecule has 1 saturated carbocycles.